The molecule has 0 saturated heterocycles. The number of aromatic nitrogens is 4. The molecule has 20 nitrogen and oxygen atoms in total. The molecule has 0 radical (unpaired) electrons. The minimum Gasteiger partial charge on any atom is -0.657 e. The number of amides is 4. The van der Waals surface area contributed by atoms with Crippen LogP contribution < -0.4 is 69.1 Å². The second kappa shape index (κ2) is 32.1. The summed E-state index contributed by atoms with van der Waals surface area (Å²) in [6, 6.07) is 57.7. The third-order valence-corrected chi connectivity index (χ3v) is 18.6. The van der Waals surface area contributed by atoms with Gasteiger partial charge in [-0.1, -0.05) is 97.1 Å². The van der Waals surface area contributed by atoms with Crippen molar-refractivity contribution in [3.8, 4) is 90.5 Å². The first-order chi connectivity index (χ1) is 51.9. The third kappa shape index (κ3) is 15.4. The number of ether oxygens (including phenoxy) is 8. The molecule has 0 unspecified atom stereocenters. The standard InChI is InChI=1S/C86H74N8O12.Zn/c1-99-54-27-28-65-78(50-54)106-40-18-6-17-39-105-60-46-53(43-57(49-60)102-4)85(97)91-66-23-11-7-19-61(66)79-70-29-31-72(87-70)80-62-20-8-12-24-67(62)92-83(95)51-41-55(100-2)47-58(44-51)103-37-15-5-16-38-104-59-45-52(42-56(48-59)101-3)84(96)93-68-25-13-9-21-63(68)81(73-32-30-71(79)88-73)75-34-36-77(90-75)82(76-35-33-74(80)89-76)64-22-10-14-26-69(64)94-86(65)98;/h7-14,19-36,41-50H,5-6,15-18,37-40H2,1-4H3,(H6,87,88,89,90,91,92,93,94,95,96,97,98);/q;+2/p-2. The quantitative estimate of drug-likeness (QED) is 0.120. The summed E-state index contributed by atoms with van der Waals surface area (Å²) in [5, 5.41) is 13.0. The molecule has 17 rings (SSSR count). The zero-order valence-corrected chi connectivity index (χ0v) is 62.2. The van der Waals surface area contributed by atoms with Crippen molar-refractivity contribution in [2.24, 2.45) is 0 Å². The Bertz CT molecular complexity index is 5410. The Hall–Kier alpha value is -12.7. The van der Waals surface area contributed by atoms with Gasteiger partial charge in [-0.05, 0) is 158 Å². The predicted molar refractivity (Wildman–Crippen MR) is 412 cm³/mol. The van der Waals surface area contributed by atoms with Crippen LogP contribution in [0, 0.1) is 0 Å². The average molecular weight is 1470 g/mol. The Labute approximate surface area is 629 Å². The van der Waals surface area contributed by atoms with Crippen LogP contribution in [0.15, 0.2) is 194 Å². The molecule has 9 heterocycles. The van der Waals surface area contributed by atoms with Crippen LogP contribution in [0.3, 0.4) is 0 Å². The van der Waals surface area contributed by atoms with E-state index in [9.17, 15) is 0 Å². The van der Waals surface area contributed by atoms with Gasteiger partial charge in [0, 0.05) is 86.0 Å². The Balaban J connectivity index is 0.00000960. The summed E-state index contributed by atoms with van der Waals surface area (Å²) in [4.78, 5) is 82.6. The van der Waals surface area contributed by atoms with E-state index < -0.39 is 23.6 Å². The number of benzene rings is 8. The van der Waals surface area contributed by atoms with Crippen LogP contribution >= 0.6 is 0 Å². The van der Waals surface area contributed by atoms with Crippen molar-refractivity contribution in [3.05, 3.63) is 239 Å². The van der Waals surface area contributed by atoms with E-state index in [-0.39, 0.29) is 48.3 Å². The molecular weight excluding hydrogens is 1400 g/mol. The van der Waals surface area contributed by atoms with Crippen molar-refractivity contribution in [2.45, 2.75) is 38.5 Å². The van der Waals surface area contributed by atoms with E-state index in [1.165, 1.54) is 21.3 Å². The molecule has 6 aliphatic rings. The number of carbonyl (C=O) groups excluding carboxylic acids is 4. The van der Waals surface area contributed by atoms with E-state index in [0.717, 1.165) is 6.42 Å². The molecule has 3 aromatic heterocycles. The Morgan fingerprint density at radius 2 is 0.626 bits per heavy atom. The van der Waals surface area contributed by atoms with Gasteiger partial charge < -0.3 is 69.1 Å². The number of para-hydroxylation sites is 4. The average Bonchev–Trinajstić information content (AvgIpc) is 1.60. The molecule has 18 bridgehead atoms. The molecule has 0 saturated carbocycles. The van der Waals surface area contributed by atoms with Gasteiger partial charge in [-0.15, -0.1) is 22.1 Å². The topological polar surface area (TPSA) is 244 Å². The molecule has 0 aliphatic carbocycles. The molecule has 6 aliphatic heterocycles. The fourth-order valence-corrected chi connectivity index (χ4v) is 13.4. The van der Waals surface area contributed by atoms with Crippen molar-refractivity contribution in [3.63, 3.8) is 0 Å². The van der Waals surface area contributed by atoms with Gasteiger partial charge in [0.05, 0.1) is 83.2 Å². The van der Waals surface area contributed by atoms with E-state index in [0.29, 0.717) is 210 Å². The molecule has 107 heavy (non-hydrogen) atoms. The number of hydrogen-bond donors (Lipinski definition) is 4. The van der Waals surface area contributed by atoms with Crippen LogP contribution in [0.25, 0.3) is 90.9 Å². The van der Waals surface area contributed by atoms with Gasteiger partial charge in [-0.2, -0.15) is 0 Å². The van der Waals surface area contributed by atoms with Gasteiger partial charge in [0.25, 0.3) is 23.6 Å². The van der Waals surface area contributed by atoms with Crippen molar-refractivity contribution in [2.75, 3.05) is 76.1 Å². The van der Waals surface area contributed by atoms with Gasteiger partial charge in [0.15, 0.2) is 0 Å². The summed E-state index contributed by atoms with van der Waals surface area (Å²) in [6.45, 7) is 1.28. The minimum atomic E-state index is -0.460. The fourth-order valence-electron chi connectivity index (χ4n) is 13.4. The molecule has 11 aromatic rings. The second-order valence-corrected chi connectivity index (χ2v) is 25.4. The maximum atomic E-state index is 15.2. The zero-order chi connectivity index (χ0) is 72.6. The molecule has 0 fully saturated rings. The maximum absolute atomic E-state index is 15.2. The fraction of sp³-hybridized carbons (Fsp3) is 0.163. The van der Waals surface area contributed by atoms with Crippen LogP contribution in [0.2, 0.25) is 0 Å². The van der Waals surface area contributed by atoms with Crippen LogP contribution in [0.4, 0.5) is 22.7 Å². The first-order valence-electron chi connectivity index (χ1n) is 34.9. The largest absolute Gasteiger partial charge is 2.00 e. The predicted octanol–water partition coefficient (Wildman–Crippen LogP) is 17.5. The van der Waals surface area contributed by atoms with Gasteiger partial charge in [-0.3, -0.25) is 19.2 Å². The van der Waals surface area contributed by atoms with Crippen molar-refractivity contribution >= 4 is 92.7 Å². The summed E-state index contributed by atoms with van der Waals surface area (Å²) in [5.74, 6) is 1.54. The first-order valence-corrected chi connectivity index (χ1v) is 34.9. The SMILES string of the molecule is COc1cc2cc(c1)C(=O)Nc1ccccc1-c1c3nc(c4c5ccc([n-]5)c(c5nc(c(c6ccc1[n-]6)-c1ccccc1NC(=O)c1cc(OC)cc(c1)OCCCCCOc1cc(OC)cc(c1)C(=O)Nc1ccccc1-4)C=C5)-c1ccccc1NC(=O)c1ccc(OC)cc1OCCCCCO2)C=C3.[Zn+2]. The molecule has 0 atom stereocenters. The van der Waals surface area contributed by atoms with Crippen LogP contribution in [0.5, 0.6) is 46.0 Å². The van der Waals surface area contributed by atoms with Gasteiger partial charge >= 0.3 is 19.5 Å². The van der Waals surface area contributed by atoms with E-state index in [1.807, 2.05) is 146 Å². The van der Waals surface area contributed by atoms with Gasteiger partial charge in [0.2, 0.25) is 0 Å². The summed E-state index contributed by atoms with van der Waals surface area (Å²) in [5.41, 5.74) is 10.8. The normalized spacial score (nSPS) is 13.9. The number of nitrogens with one attached hydrogen (secondary N) is 4. The maximum Gasteiger partial charge on any atom is 2.00 e. The zero-order valence-electron chi connectivity index (χ0n) is 59.3. The number of anilines is 4. The summed E-state index contributed by atoms with van der Waals surface area (Å²) < 4.78 is 48.3. The summed E-state index contributed by atoms with van der Waals surface area (Å²) in [6.07, 6.45) is 11.7. The van der Waals surface area contributed by atoms with E-state index >= 15 is 19.2 Å². The van der Waals surface area contributed by atoms with E-state index in [4.69, 9.17) is 57.8 Å². The smallest absolute Gasteiger partial charge is 0.657 e. The third-order valence-electron chi connectivity index (χ3n) is 18.6. The van der Waals surface area contributed by atoms with Crippen LogP contribution in [-0.4, -0.2) is 88.5 Å². The molecule has 0 spiro atoms. The van der Waals surface area contributed by atoms with E-state index in [1.54, 1.807) is 79.9 Å². The molecular formula is C86H72N8O12Zn. The molecule has 4 N–H and O–H groups in total. The Morgan fingerprint density at radius 1 is 0.318 bits per heavy atom. The second-order valence-electron chi connectivity index (χ2n) is 25.4. The molecule has 4 amide bonds. The number of methoxy groups -OCH3 is 4. The van der Waals surface area contributed by atoms with Crippen molar-refractivity contribution in [1.29, 1.82) is 0 Å². The Kier molecular flexibility index (Phi) is 21.4. The first kappa shape index (κ1) is 71.3. The van der Waals surface area contributed by atoms with Crippen LogP contribution in [0.1, 0.15) is 103 Å². The number of carbonyl (C=O) groups is 4. The molecule has 530 valence electrons. The number of fused-ring (bicyclic) bond motifs is 16. The monoisotopic (exact) mass is 1470 g/mol. The summed E-state index contributed by atoms with van der Waals surface area (Å²) in [7, 11) is 6.15. The van der Waals surface area contributed by atoms with Crippen LogP contribution in [-0.2, 0) is 19.5 Å². The minimum absolute atomic E-state index is 0. The van der Waals surface area contributed by atoms with Gasteiger partial charge in [0.1, 0.15) is 46.0 Å². The number of rotatable bonds is 4. The summed E-state index contributed by atoms with van der Waals surface area (Å²) >= 11 is 0. The number of nitrogens with zero attached hydrogens (tertiary/aromatic N) is 4. The van der Waals surface area contributed by atoms with Crippen molar-refractivity contribution < 1.29 is 76.6 Å². The molecule has 21 heteroatoms. The van der Waals surface area contributed by atoms with Crippen molar-refractivity contribution in [1.82, 2.24) is 19.9 Å². The Morgan fingerprint density at radius 3 is 0.953 bits per heavy atom. The van der Waals surface area contributed by atoms with E-state index in [2.05, 4.69) is 21.3 Å². The number of hydrogen-bond acceptors (Lipinski definition) is 14. The van der Waals surface area contributed by atoms with Gasteiger partial charge in [-0.25, -0.2) is 9.97 Å². The molecule has 8 aromatic carbocycles.